The fourth-order valence-electron chi connectivity index (χ4n) is 4.24. The highest BCUT2D eigenvalue weighted by atomic mass is 15.1. The summed E-state index contributed by atoms with van der Waals surface area (Å²) in [7, 11) is 2.10. The number of nitrogens with zero attached hydrogens (tertiary/aromatic N) is 3. The van der Waals surface area contributed by atoms with Crippen molar-refractivity contribution in [2.24, 2.45) is 0 Å². The van der Waals surface area contributed by atoms with Crippen molar-refractivity contribution in [3.05, 3.63) is 65.0 Å². The average molecular weight is 371 g/mol. The fourth-order valence-corrected chi connectivity index (χ4v) is 4.24. The molecule has 3 aromatic rings. The maximum atomic E-state index is 9.58. The Bertz CT molecular complexity index is 1030. The van der Waals surface area contributed by atoms with Crippen LogP contribution in [-0.4, -0.2) is 17.2 Å². The van der Waals surface area contributed by atoms with Crippen LogP contribution in [0.15, 0.2) is 42.5 Å². The second kappa shape index (κ2) is 6.83. The van der Waals surface area contributed by atoms with E-state index in [-0.39, 0.29) is 5.41 Å². The van der Waals surface area contributed by atoms with Crippen LogP contribution in [0.3, 0.4) is 0 Å². The molecule has 1 heterocycles. The first-order chi connectivity index (χ1) is 13.4. The highest BCUT2D eigenvalue weighted by Gasteiger charge is 2.38. The van der Waals surface area contributed by atoms with Crippen molar-refractivity contribution in [2.75, 3.05) is 11.9 Å². The Kier molecular flexibility index (Phi) is 4.47. The Balaban J connectivity index is 1.67. The molecule has 4 rings (SSSR count). The second-order valence-corrected chi connectivity index (χ2v) is 7.96. The van der Waals surface area contributed by atoms with Crippen LogP contribution in [0.2, 0.25) is 0 Å². The number of hydrogen-bond acceptors (Lipinski definition) is 3. The SMILES string of the molecule is Cc1ccc(-c2c(C)n[nH]c2C)cc1N(C)c1ccc(C2(C#N)CCC2)cc1. The number of rotatable bonds is 4. The summed E-state index contributed by atoms with van der Waals surface area (Å²) in [5, 5.41) is 17.0. The lowest BCUT2D eigenvalue weighted by Gasteiger charge is -2.36. The molecule has 0 radical (unpaired) electrons. The molecule has 1 fully saturated rings. The van der Waals surface area contributed by atoms with Gasteiger partial charge >= 0.3 is 0 Å². The van der Waals surface area contributed by atoms with Crippen molar-refractivity contribution in [2.45, 2.75) is 45.4 Å². The Morgan fingerprint density at radius 1 is 1.07 bits per heavy atom. The third-order valence-electron chi connectivity index (χ3n) is 6.22. The van der Waals surface area contributed by atoms with Gasteiger partial charge in [-0.05, 0) is 74.9 Å². The molecule has 4 nitrogen and oxygen atoms in total. The summed E-state index contributed by atoms with van der Waals surface area (Å²) in [6, 6.07) is 17.6. The topological polar surface area (TPSA) is 55.7 Å². The molecular formula is C24H26N4. The molecule has 142 valence electrons. The van der Waals surface area contributed by atoms with Crippen LogP contribution in [-0.2, 0) is 5.41 Å². The van der Waals surface area contributed by atoms with Gasteiger partial charge < -0.3 is 4.90 Å². The normalized spacial score (nSPS) is 15.0. The van der Waals surface area contributed by atoms with Gasteiger partial charge in [-0.2, -0.15) is 10.4 Å². The molecular weight excluding hydrogens is 344 g/mol. The zero-order valence-electron chi connectivity index (χ0n) is 17.0. The molecule has 1 aliphatic carbocycles. The van der Waals surface area contributed by atoms with Gasteiger partial charge in [0.25, 0.3) is 0 Å². The first-order valence-corrected chi connectivity index (χ1v) is 9.83. The third-order valence-corrected chi connectivity index (χ3v) is 6.22. The van der Waals surface area contributed by atoms with Crippen molar-refractivity contribution in [1.29, 1.82) is 5.26 Å². The van der Waals surface area contributed by atoms with Gasteiger partial charge in [-0.1, -0.05) is 24.3 Å². The third kappa shape index (κ3) is 2.88. The van der Waals surface area contributed by atoms with E-state index in [2.05, 4.69) is 84.5 Å². The van der Waals surface area contributed by atoms with Crippen molar-refractivity contribution >= 4 is 11.4 Å². The Hall–Kier alpha value is -3.06. The lowest BCUT2D eigenvalue weighted by Crippen LogP contribution is -2.32. The minimum Gasteiger partial charge on any atom is -0.344 e. The van der Waals surface area contributed by atoms with E-state index in [1.807, 2.05) is 6.92 Å². The van der Waals surface area contributed by atoms with Crippen molar-refractivity contribution in [3.8, 4) is 17.2 Å². The van der Waals surface area contributed by atoms with E-state index in [4.69, 9.17) is 0 Å². The van der Waals surface area contributed by atoms with E-state index >= 15 is 0 Å². The number of nitriles is 1. The van der Waals surface area contributed by atoms with Crippen LogP contribution >= 0.6 is 0 Å². The Morgan fingerprint density at radius 2 is 1.79 bits per heavy atom. The number of benzene rings is 2. The summed E-state index contributed by atoms with van der Waals surface area (Å²) in [6.07, 6.45) is 3.10. The van der Waals surface area contributed by atoms with Crippen LogP contribution in [0, 0.1) is 32.1 Å². The van der Waals surface area contributed by atoms with Crippen molar-refractivity contribution in [1.82, 2.24) is 10.2 Å². The monoisotopic (exact) mass is 370 g/mol. The van der Waals surface area contributed by atoms with Crippen LogP contribution in [0.1, 0.15) is 41.8 Å². The van der Waals surface area contributed by atoms with E-state index < -0.39 is 0 Å². The van der Waals surface area contributed by atoms with Gasteiger partial charge in [-0.25, -0.2) is 0 Å². The highest BCUT2D eigenvalue weighted by Crippen LogP contribution is 2.43. The molecule has 0 unspecified atom stereocenters. The molecule has 0 amide bonds. The van der Waals surface area contributed by atoms with E-state index in [9.17, 15) is 5.26 Å². The molecule has 0 spiro atoms. The van der Waals surface area contributed by atoms with Crippen molar-refractivity contribution in [3.63, 3.8) is 0 Å². The predicted octanol–water partition coefficient (Wildman–Crippen LogP) is 5.72. The summed E-state index contributed by atoms with van der Waals surface area (Å²) in [4.78, 5) is 2.22. The van der Waals surface area contributed by atoms with Crippen LogP contribution in [0.5, 0.6) is 0 Å². The minimum absolute atomic E-state index is 0.261. The maximum absolute atomic E-state index is 9.58. The van der Waals surface area contributed by atoms with E-state index in [1.54, 1.807) is 0 Å². The highest BCUT2D eigenvalue weighted by molar-refractivity contribution is 5.76. The Labute approximate surface area is 166 Å². The molecule has 0 bridgehead atoms. The van der Waals surface area contributed by atoms with Crippen molar-refractivity contribution < 1.29 is 0 Å². The van der Waals surface area contributed by atoms with E-state index in [1.165, 1.54) is 22.4 Å². The Morgan fingerprint density at radius 3 is 2.32 bits per heavy atom. The maximum Gasteiger partial charge on any atom is 0.0822 e. The van der Waals surface area contributed by atoms with Gasteiger partial charge in [0.1, 0.15) is 0 Å². The summed E-state index contributed by atoms with van der Waals surface area (Å²) in [5.41, 5.74) is 8.85. The molecule has 1 N–H and O–H groups in total. The molecule has 1 aromatic heterocycles. The first-order valence-electron chi connectivity index (χ1n) is 9.83. The second-order valence-electron chi connectivity index (χ2n) is 7.96. The standard InChI is InChI=1S/C24H26N4/c1-16-6-7-19(23-17(2)26-27-18(23)3)14-22(16)28(4)21-10-8-20(9-11-21)24(15-25)12-5-13-24/h6-11,14H,5,12-13H2,1-4H3,(H,26,27). The van der Waals surface area contributed by atoms with Crippen LogP contribution < -0.4 is 4.90 Å². The summed E-state index contributed by atoms with van der Waals surface area (Å²) in [5.74, 6) is 0. The number of nitrogens with one attached hydrogen (secondary N) is 1. The first kappa shape index (κ1) is 18.3. The van der Waals surface area contributed by atoms with Gasteiger partial charge in [0.05, 0.1) is 17.2 Å². The molecule has 28 heavy (non-hydrogen) atoms. The lowest BCUT2D eigenvalue weighted by molar-refractivity contribution is 0.324. The largest absolute Gasteiger partial charge is 0.344 e. The lowest BCUT2D eigenvalue weighted by atomic mass is 9.65. The van der Waals surface area contributed by atoms with Gasteiger partial charge in [-0.15, -0.1) is 0 Å². The van der Waals surface area contributed by atoms with E-state index in [0.717, 1.165) is 41.9 Å². The fraction of sp³-hybridized carbons (Fsp3) is 0.333. The molecule has 0 saturated heterocycles. The number of aryl methyl sites for hydroxylation is 3. The van der Waals surface area contributed by atoms with Crippen LogP contribution in [0.4, 0.5) is 11.4 Å². The molecule has 4 heteroatoms. The molecule has 1 aliphatic rings. The van der Waals surface area contributed by atoms with Gasteiger partial charge in [-0.3, -0.25) is 5.10 Å². The number of hydrogen-bond donors (Lipinski definition) is 1. The smallest absolute Gasteiger partial charge is 0.0822 e. The number of anilines is 2. The number of aromatic nitrogens is 2. The number of aromatic amines is 1. The quantitative estimate of drug-likeness (QED) is 0.639. The van der Waals surface area contributed by atoms with E-state index in [0.29, 0.717) is 0 Å². The molecule has 0 atom stereocenters. The zero-order chi connectivity index (χ0) is 19.9. The summed E-state index contributed by atoms with van der Waals surface area (Å²) < 4.78 is 0. The van der Waals surface area contributed by atoms with Gasteiger partial charge in [0.2, 0.25) is 0 Å². The molecule has 0 aliphatic heterocycles. The van der Waals surface area contributed by atoms with Gasteiger partial charge in [0, 0.05) is 29.7 Å². The minimum atomic E-state index is -0.261. The average Bonchev–Trinajstić information content (AvgIpc) is 3.00. The molecule has 2 aromatic carbocycles. The zero-order valence-corrected chi connectivity index (χ0v) is 17.0. The number of H-pyrrole nitrogens is 1. The summed E-state index contributed by atoms with van der Waals surface area (Å²) >= 11 is 0. The van der Waals surface area contributed by atoms with Crippen LogP contribution in [0.25, 0.3) is 11.1 Å². The van der Waals surface area contributed by atoms with Gasteiger partial charge in [0.15, 0.2) is 0 Å². The predicted molar refractivity (Wildman–Crippen MR) is 114 cm³/mol. The molecule has 1 saturated carbocycles. The summed E-state index contributed by atoms with van der Waals surface area (Å²) in [6.45, 7) is 6.23.